The molecule has 16 heavy (non-hydrogen) atoms. The normalized spacial score (nSPS) is 17.2. The minimum Gasteiger partial charge on any atom is -0.492 e. The van der Waals surface area contributed by atoms with Gasteiger partial charge in [-0.3, -0.25) is 0 Å². The van der Waals surface area contributed by atoms with Crippen LogP contribution in [0.5, 0.6) is 5.75 Å². The maximum absolute atomic E-state index is 5.82. The van der Waals surface area contributed by atoms with Gasteiger partial charge >= 0.3 is 0 Å². The highest BCUT2D eigenvalue weighted by molar-refractivity contribution is 9.10. The van der Waals surface area contributed by atoms with Crippen molar-refractivity contribution in [3.63, 3.8) is 0 Å². The van der Waals surface area contributed by atoms with E-state index in [9.17, 15) is 0 Å². The molecule has 1 aliphatic rings. The zero-order valence-electron chi connectivity index (χ0n) is 9.58. The summed E-state index contributed by atoms with van der Waals surface area (Å²) < 4.78 is 6.73. The van der Waals surface area contributed by atoms with Crippen molar-refractivity contribution in [3.05, 3.63) is 28.2 Å². The Morgan fingerprint density at radius 3 is 2.81 bits per heavy atom. The first kappa shape index (κ1) is 11.9. The third-order valence-corrected chi connectivity index (χ3v) is 3.58. The van der Waals surface area contributed by atoms with Crippen molar-refractivity contribution in [2.45, 2.75) is 32.2 Å². The monoisotopic (exact) mass is 283 g/mol. The number of halogens is 1. The van der Waals surface area contributed by atoms with E-state index in [1.807, 2.05) is 25.1 Å². The van der Waals surface area contributed by atoms with Crippen molar-refractivity contribution in [2.24, 2.45) is 11.7 Å². The van der Waals surface area contributed by atoms with Gasteiger partial charge in [0.2, 0.25) is 0 Å². The fourth-order valence-electron chi connectivity index (χ4n) is 1.66. The number of benzene rings is 1. The van der Waals surface area contributed by atoms with E-state index in [1.165, 1.54) is 19.3 Å². The molecule has 0 bridgehead atoms. The van der Waals surface area contributed by atoms with Crippen LogP contribution in [0.15, 0.2) is 22.7 Å². The van der Waals surface area contributed by atoms with Crippen LogP contribution in [0.25, 0.3) is 0 Å². The zero-order valence-corrected chi connectivity index (χ0v) is 11.2. The molecule has 2 N–H and O–H groups in total. The fraction of sp³-hybridized carbons (Fsp3) is 0.538. The predicted molar refractivity (Wildman–Crippen MR) is 69.6 cm³/mol. The molecule has 1 saturated carbocycles. The van der Waals surface area contributed by atoms with Crippen molar-refractivity contribution >= 4 is 15.9 Å². The Balaban J connectivity index is 1.92. The van der Waals surface area contributed by atoms with Gasteiger partial charge in [0.05, 0.1) is 11.1 Å². The van der Waals surface area contributed by atoms with Gasteiger partial charge in [0.15, 0.2) is 0 Å². The molecule has 0 heterocycles. The molecule has 1 aliphatic carbocycles. The summed E-state index contributed by atoms with van der Waals surface area (Å²) in [6.45, 7) is 2.80. The molecule has 0 aromatic heterocycles. The van der Waals surface area contributed by atoms with Crippen molar-refractivity contribution in [2.75, 3.05) is 6.61 Å². The van der Waals surface area contributed by atoms with Crippen LogP contribution in [0.4, 0.5) is 0 Å². The molecule has 1 aromatic carbocycles. The molecule has 0 amide bonds. The zero-order chi connectivity index (χ0) is 11.5. The van der Waals surface area contributed by atoms with Gasteiger partial charge in [-0.2, -0.15) is 0 Å². The average molecular weight is 284 g/mol. The lowest BCUT2D eigenvalue weighted by atomic mass is 10.1. The molecule has 0 unspecified atom stereocenters. The molecule has 0 aliphatic heterocycles. The van der Waals surface area contributed by atoms with E-state index in [0.29, 0.717) is 0 Å². The summed E-state index contributed by atoms with van der Waals surface area (Å²) >= 11 is 3.52. The number of hydrogen-bond donors (Lipinski definition) is 1. The summed E-state index contributed by atoms with van der Waals surface area (Å²) in [4.78, 5) is 0. The topological polar surface area (TPSA) is 35.2 Å². The van der Waals surface area contributed by atoms with Crippen LogP contribution >= 0.6 is 15.9 Å². The molecule has 0 spiro atoms. The van der Waals surface area contributed by atoms with Crippen LogP contribution in [0.3, 0.4) is 0 Å². The largest absolute Gasteiger partial charge is 0.492 e. The van der Waals surface area contributed by atoms with E-state index in [1.54, 1.807) is 0 Å². The van der Waals surface area contributed by atoms with Gasteiger partial charge in [-0.15, -0.1) is 0 Å². The Bertz CT molecular complexity index is 361. The van der Waals surface area contributed by atoms with Crippen LogP contribution in [0.2, 0.25) is 0 Å². The Morgan fingerprint density at radius 2 is 2.25 bits per heavy atom. The van der Waals surface area contributed by atoms with E-state index < -0.39 is 0 Å². The Morgan fingerprint density at radius 1 is 1.50 bits per heavy atom. The van der Waals surface area contributed by atoms with Gasteiger partial charge in [-0.1, -0.05) is 18.9 Å². The van der Waals surface area contributed by atoms with E-state index in [-0.39, 0.29) is 6.04 Å². The van der Waals surface area contributed by atoms with Gasteiger partial charge in [-0.25, -0.2) is 0 Å². The second-order valence-electron chi connectivity index (χ2n) is 4.56. The SMILES string of the molecule is C[C@@H](N)c1ccc(OCCC2CC2)c(Br)c1. The highest BCUT2D eigenvalue weighted by atomic mass is 79.9. The lowest BCUT2D eigenvalue weighted by Gasteiger charge is -2.11. The average Bonchev–Trinajstić information content (AvgIpc) is 3.04. The minimum absolute atomic E-state index is 0.0665. The number of hydrogen-bond acceptors (Lipinski definition) is 2. The molecule has 1 atom stereocenters. The first-order chi connectivity index (χ1) is 7.66. The van der Waals surface area contributed by atoms with Gasteiger partial charge < -0.3 is 10.5 Å². The number of rotatable bonds is 5. The molecule has 2 nitrogen and oxygen atoms in total. The Hall–Kier alpha value is -0.540. The molecule has 0 saturated heterocycles. The standard InChI is InChI=1S/C13H18BrNO/c1-9(15)11-4-5-13(12(14)8-11)16-7-6-10-2-3-10/h4-5,8-10H,2-3,6-7,15H2,1H3/t9-/m1/s1. The lowest BCUT2D eigenvalue weighted by Crippen LogP contribution is -2.05. The molecular formula is C13H18BrNO. The second-order valence-corrected chi connectivity index (χ2v) is 5.41. The molecule has 0 radical (unpaired) electrons. The fourth-order valence-corrected chi connectivity index (χ4v) is 2.17. The van der Waals surface area contributed by atoms with Gasteiger partial charge in [-0.05, 0) is 52.9 Å². The maximum atomic E-state index is 5.82. The van der Waals surface area contributed by atoms with Crippen LogP contribution in [0, 0.1) is 5.92 Å². The van der Waals surface area contributed by atoms with Gasteiger partial charge in [0.1, 0.15) is 5.75 Å². The van der Waals surface area contributed by atoms with Crippen LogP contribution < -0.4 is 10.5 Å². The number of ether oxygens (including phenoxy) is 1. The highest BCUT2D eigenvalue weighted by Crippen LogP contribution is 2.33. The molecule has 2 rings (SSSR count). The smallest absolute Gasteiger partial charge is 0.133 e. The summed E-state index contributed by atoms with van der Waals surface area (Å²) in [6, 6.07) is 6.13. The van der Waals surface area contributed by atoms with E-state index in [2.05, 4.69) is 15.9 Å². The predicted octanol–water partition coefficient (Wildman–Crippen LogP) is 3.65. The van der Waals surface area contributed by atoms with Crippen molar-refractivity contribution in [3.8, 4) is 5.75 Å². The van der Waals surface area contributed by atoms with E-state index >= 15 is 0 Å². The van der Waals surface area contributed by atoms with Crippen LogP contribution in [0.1, 0.15) is 37.8 Å². The molecule has 88 valence electrons. The van der Waals surface area contributed by atoms with E-state index in [4.69, 9.17) is 10.5 Å². The van der Waals surface area contributed by atoms with Crippen LogP contribution in [-0.2, 0) is 0 Å². The molecule has 1 fully saturated rings. The first-order valence-corrected chi connectivity index (χ1v) is 6.64. The molecule has 1 aromatic rings. The summed E-state index contributed by atoms with van der Waals surface area (Å²) in [5.74, 6) is 1.84. The van der Waals surface area contributed by atoms with E-state index in [0.717, 1.165) is 28.3 Å². The maximum Gasteiger partial charge on any atom is 0.133 e. The quantitative estimate of drug-likeness (QED) is 0.895. The summed E-state index contributed by atoms with van der Waals surface area (Å²) in [7, 11) is 0. The summed E-state index contributed by atoms with van der Waals surface area (Å²) in [5.41, 5.74) is 6.95. The minimum atomic E-state index is 0.0665. The molecular weight excluding hydrogens is 266 g/mol. The Labute approximate surface area is 105 Å². The molecule has 3 heteroatoms. The highest BCUT2D eigenvalue weighted by Gasteiger charge is 2.20. The second kappa shape index (κ2) is 5.19. The third-order valence-electron chi connectivity index (χ3n) is 2.96. The van der Waals surface area contributed by atoms with Crippen molar-refractivity contribution in [1.82, 2.24) is 0 Å². The van der Waals surface area contributed by atoms with Gasteiger partial charge in [0.25, 0.3) is 0 Å². The number of nitrogens with two attached hydrogens (primary N) is 1. The van der Waals surface area contributed by atoms with Gasteiger partial charge in [0, 0.05) is 6.04 Å². The third kappa shape index (κ3) is 3.22. The summed E-state index contributed by atoms with van der Waals surface area (Å²) in [6.07, 6.45) is 3.95. The summed E-state index contributed by atoms with van der Waals surface area (Å²) in [5, 5.41) is 0. The van der Waals surface area contributed by atoms with Crippen molar-refractivity contribution < 1.29 is 4.74 Å². The lowest BCUT2D eigenvalue weighted by molar-refractivity contribution is 0.300. The van der Waals surface area contributed by atoms with Crippen molar-refractivity contribution in [1.29, 1.82) is 0 Å². The Kier molecular flexibility index (Phi) is 3.87. The first-order valence-electron chi connectivity index (χ1n) is 5.84. The van der Waals surface area contributed by atoms with Crippen LogP contribution in [-0.4, -0.2) is 6.61 Å².